The number of amides is 1. The molecule has 6 heteroatoms. The van der Waals surface area contributed by atoms with Crippen LogP contribution in [-0.4, -0.2) is 31.2 Å². The topological polar surface area (TPSA) is 88.1 Å². The SMILES string of the molecule is N#C[C@H](Cc1ccc(-c2ccccc2)c(F)c1)NC(=O)[C@@H]1COCC[C@@H]1N. The Hall–Kier alpha value is -2.75. The van der Waals surface area contributed by atoms with E-state index in [4.69, 9.17) is 10.5 Å². The number of nitrogens with one attached hydrogen (secondary N) is 1. The van der Waals surface area contributed by atoms with Crippen LogP contribution in [-0.2, 0) is 16.0 Å². The Morgan fingerprint density at radius 3 is 2.78 bits per heavy atom. The van der Waals surface area contributed by atoms with Crippen molar-refractivity contribution in [2.24, 2.45) is 11.7 Å². The van der Waals surface area contributed by atoms with Gasteiger partial charge in [0.25, 0.3) is 0 Å². The molecule has 27 heavy (non-hydrogen) atoms. The summed E-state index contributed by atoms with van der Waals surface area (Å²) in [4.78, 5) is 12.4. The lowest BCUT2D eigenvalue weighted by atomic mass is 9.95. The summed E-state index contributed by atoms with van der Waals surface area (Å²) < 4.78 is 19.8. The first-order chi connectivity index (χ1) is 13.1. The van der Waals surface area contributed by atoms with E-state index >= 15 is 0 Å². The lowest BCUT2D eigenvalue weighted by molar-refractivity contribution is -0.130. The Morgan fingerprint density at radius 2 is 2.11 bits per heavy atom. The first-order valence-corrected chi connectivity index (χ1v) is 8.95. The molecule has 0 spiro atoms. The Labute approximate surface area is 157 Å². The number of hydrogen-bond acceptors (Lipinski definition) is 4. The van der Waals surface area contributed by atoms with Crippen molar-refractivity contribution in [3.05, 3.63) is 59.9 Å². The predicted octanol–water partition coefficient (Wildman–Crippen LogP) is 2.41. The third kappa shape index (κ3) is 4.70. The second-order valence-corrected chi connectivity index (χ2v) is 6.71. The molecule has 0 radical (unpaired) electrons. The highest BCUT2D eigenvalue weighted by Crippen LogP contribution is 2.24. The van der Waals surface area contributed by atoms with Gasteiger partial charge in [0.05, 0.1) is 18.6 Å². The maximum Gasteiger partial charge on any atom is 0.228 e. The van der Waals surface area contributed by atoms with Crippen molar-refractivity contribution in [1.82, 2.24) is 5.32 Å². The van der Waals surface area contributed by atoms with E-state index in [1.54, 1.807) is 12.1 Å². The molecule has 5 nitrogen and oxygen atoms in total. The van der Waals surface area contributed by atoms with Crippen LogP contribution in [0.4, 0.5) is 4.39 Å². The lowest BCUT2D eigenvalue weighted by Crippen LogP contribution is -2.50. The normalized spacial score (nSPS) is 20.5. The van der Waals surface area contributed by atoms with E-state index in [9.17, 15) is 14.4 Å². The number of ether oxygens (including phenoxy) is 1. The van der Waals surface area contributed by atoms with Crippen LogP contribution in [0.1, 0.15) is 12.0 Å². The monoisotopic (exact) mass is 367 g/mol. The quantitative estimate of drug-likeness (QED) is 0.849. The predicted molar refractivity (Wildman–Crippen MR) is 100.0 cm³/mol. The molecule has 0 saturated carbocycles. The smallest absolute Gasteiger partial charge is 0.228 e. The highest BCUT2D eigenvalue weighted by molar-refractivity contribution is 5.80. The second kappa shape index (κ2) is 8.76. The van der Waals surface area contributed by atoms with Gasteiger partial charge in [-0.1, -0.05) is 42.5 Å². The third-order valence-electron chi connectivity index (χ3n) is 4.78. The summed E-state index contributed by atoms with van der Waals surface area (Å²) in [5.74, 6) is -1.12. The van der Waals surface area contributed by atoms with Gasteiger partial charge in [-0.25, -0.2) is 4.39 Å². The largest absolute Gasteiger partial charge is 0.381 e. The van der Waals surface area contributed by atoms with Gasteiger partial charge < -0.3 is 15.8 Å². The van der Waals surface area contributed by atoms with Crippen molar-refractivity contribution < 1.29 is 13.9 Å². The minimum atomic E-state index is -0.756. The number of rotatable bonds is 5. The number of halogens is 1. The van der Waals surface area contributed by atoms with Gasteiger partial charge in [0, 0.05) is 24.6 Å². The Bertz CT molecular complexity index is 835. The van der Waals surface area contributed by atoms with Crippen LogP contribution in [0.2, 0.25) is 0 Å². The summed E-state index contributed by atoms with van der Waals surface area (Å²) in [5, 5.41) is 12.1. The van der Waals surface area contributed by atoms with E-state index < -0.39 is 12.0 Å². The number of nitrogens with zero attached hydrogens (tertiary/aromatic N) is 1. The van der Waals surface area contributed by atoms with Crippen LogP contribution in [0, 0.1) is 23.1 Å². The summed E-state index contributed by atoms with van der Waals surface area (Å²) >= 11 is 0. The lowest BCUT2D eigenvalue weighted by Gasteiger charge is -2.28. The van der Waals surface area contributed by atoms with E-state index in [1.165, 1.54) is 6.07 Å². The van der Waals surface area contributed by atoms with Gasteiger partial charge >= 0.3 is 0 Å². The van der Waals surface area contributed by atoms with Crippen molar-refractivity contribution in [1.29, 1.82) is 5.26 Å². The summed E-state index contributed by atoms with van der Waals surface area (Å²) in [6.45, 7) is 0.797. The fraction of sp³-hybridized carbons (Fsp3) is 0.333. The van der Waals surface area contributed by atoms with Crippen LogP contribution in [0.15, 0.2) is 48.5 Å². The molecular formula is C21H22FN3O2. The molecule has 1 aliphatic heterocycles. The molecule has 2 aromatic rings. The molecule has 3 N–H and O–H groups in total. The van der Waals surface area contributed by atoms with Crippen LogP contribution in [0.5, 0.6) is 0 Å². The molecule has 0 unspecified atom stereocenters. The number of nitriles is 1. The van der Waals surface area contributed by atoms with Gasteiger partial charge in [0.1, 0.15) is 11.9 Å². The molecule has 3 atom stereocenters. The Kier molecular flexibility index (Phi) is 6.17. The number of benzene rings is 2. The van der Waals surface area contributed by atoms with Crippen LogP contribution in [0.3, 0.4) is 0 Å². The van der Waals surface area contributed by atoms with Crippen LogP contribution in [0.25, 0.3) is 11.1 Å². The van der Waals surface area contributed by atoms with Gasteiger partial charge in [-0.05, 0) is 23.6 Å². The van der Waals surface area contributed by atoms with E-state index in [1.807, 2.05) is 30.3 Å². The van der Waals surface area contributed by atoms with Gasteiger partial charge in [-0.15, -0.1) is 0 Å². The fourth-order valence-electron chi connectivity index (χ4n) is 3.21. The second-order valence-electron chi connectivity index (χ2n) is 6.71. The summed E-state index contributed by atoms with van der Waals surface area (Å²) in [6, 6.07) is 15.2. The molecule has 1 aliphatic rings. The van der Waals surface area contributed by atoms with E-state index in [0.29, 0.717) is 24.2 Å². The Balaban J connectivity index is 1.67. The van der Waals surface area contributed by atoms with E-state index in [2.05, 4.69) is 11.4 Å². The fourth-order valence-corrected chi connectivity index (χ4v) is 3.21. The first-order valence-electron chi connectivity index (χ1n) is 8.95. The van der Waals surface area contributed by atoms with Crippen molar-refractivity contribution >= 4 is 5.91 Å². The standard InChI is InChI=1S/C21H22FN3O2/c22-19-11-14(6-7-17(19)15-4-2-1-3-5-15)10-16(12-23)25-21(26)18-13-27-9-8-20(18)24/h1-7,11,16,18,20H,8-10,13,24H2,(H,25,26)/t16-,18+,20-/m0/s1. The first kappa shape index (κ1) is 19.0. The molecule has 1 heterocycles. The molecule has 3 rings (SSSR count). The van der Waals surface area contributed by atoms with E-state index in [-0.39, 0.29) is 30.8 Å². The molecule has 1 saturated heterocycles. The highest BCUT2D eigenvalue weighted by Gasteiger charge is 2.30. The molecule has 1 amide bonds. The number of hydrogen-bond donors (Lipinski definition) is 2. The zero-order chi connectivity index (χ0) is 19.2. The molecular weight excluding hydrogens is 345 g/mol. The number of nitrogens with two attached hydrogens (primary N) is 1. The maximum absolute atomic E-state index is 14.5. The van der Waals surface area contributed by atoms with Crippen LogP contribution < -0.4 is 11.1 Å². The zero-order valence-corrected chi connectivity index (χ0v) is 14.9. The summed E-state index contributed by atoms with van der Waals surface area (Å²) in [7, 11) is 0. The Morgan fingerprint density at radius 1 is 1.33 bits per heavy atom. The van der Waals surface area contributed by atoms with Gasteiger partial charge in [-0.2, -0.15) is 5.26 Å². The molecule has 2 aromatic carbocycles. The minimum Gasteiger partial charge on any atom is -0.381 e. The minimum absolute atomic E-state index is 0.219. The van der Waals surface area contributed by atoms with Gasteiger partial charge in [-0.3, -0.25) is 4.79 Å². The number of carbonyl (C=O) groups excluding carboxylic acids is 1. The maximum atomic E-state index is 14.5. The van der Waals surface area contributed by atoms with Crippen LogP contribution >= 0.6 is 0 Å². The molecule has 1 fully saturated rings. The average molecular weight is 367 g/mol. The van der Waals surface area contributed by atoms with Crippen molar-refractivity contribution in [3.8, 4) is 17.2 Å². The molecule has 0 bridgehead atoms. The molecule has 140 valence electrons. The molecule has 0 aromatic heterocycles. The number of carbonyl (C=O) groups is 1. The molecule has 0 aliphatic carbocycles. The van der Waals surface area contributed by atoms with Gasteiger partial charge in [0.15, 0.2) is 0 Å². The highest BCUT2D eigenvalue weighted by atomic mass is 19.1. The third-order valence-corrected chi connectivity index (χ3v) is 4.78. The summed E-state index contributed by atoms with van der Waals surface area (Å²) in [5.41, 5.74) is 7.90. The van der Waals surface area contributed by atoms with Crippen molar-refractivity contribution in [3.63, 3.8) is 0 Å². The van der Waals surface area contributed by atoms with Gasteiger partial charge in [0.2, 0.25) is 5.91 Å². The van der Waals surface area contributed by atoms with Crippen molar-refractivity contribution in [2.75, 3.05) is 13.2 Å². The van der Waals surface area contributed by atoms with Crippen molar-refractivity contribution in [2.45, 2.75) is 24.9 Å². The summed E-state index contributed by atoms with van der Waals surface area (Å²) in [6.07, 6.45) is 0.832. The van der Waals surface area contributed by atoms with E-state index in [0.717, 1.165) is 5.56 Å². The zero-order valence-electron chi connectivity index (χ0n) is 14.9. The average Bonchev–Trinajstić information content (AvgIpc) is 2.68.